The number of nitrogens with zero attached hydrogens (tertiary/aromatic N) is 1. The molecule has 0 bridgehead atoms. The third-order valence-corrected chi connectivity index (χ3v) is 3.89. The van der Waals surface area contributed by atoms with E-state index in [2.05, 4.69) is 5.32 Å². The van der Waals surface area contributed by atoms with Crippen LogP contribution in [0, 0.1) is 5.41 Å². The minimum Gasteiger partial charge on any atom is -0.379 e. The number of likely N-dealkylation sites (N-methyl/N-ethyl adjacent to an activating group) is 1. The van der Waals surface area contributed by atoms with Gasteiger partial charge in [0.15, 0.2) is 0 Å². The van der Waals surface area contributed by atoms with Crippen molar-refractivity contribution in [2.24, 2.45) is 0 Å². The van der Waals surface area contributed by atoms with Gasteiger partial charge in [-0.2, -0.15) is 0 Å². The fraction of sp³-hybridized carbons (Fsp3) is 0.500. The maximum Gasteiger partial charge on any atom is 0.123 e. The third kappa shape index (κ3) is 3.26. The molecule has 6 heteroatoms. The summed E-state index contributed by atoms with van der Waals surface area (Å²) < 4.78 is 5.52. The van der Waals surface area contributed by atoms with Crippen molar-refractivity contribution in [1.82, 2.24) is 5.32 Å². The van der Waals surface area contributed by atoms with Crippen molar-refractivity contribution >= 4 is 36.3 Å². The Morgan fingerprint density at radius 3 is 2.40 bits per heavy atom. The molecule has 0 aliphatic carbocycles. The molecule has 1 fully saturated rings. The molecule has 1 saturated heterocycles. The minimum atomic E-state index is -0.442. The predicted octanol–water partition coefficient (Wildman–Crippen LogP) is 2.71. The summed E-state index contributed by atoms with van der Waals surface area (Å²) in [5.74, 6) is 0.564. The third-order valence-electron chi connectivity index (χ3n) is 3.89. The first-order chi connectivity index (χ1) is 8.63. The largest absolute Gasteiger partial charge is 0.379 e. The lowest BCUT2D eigenvalue weighted by atomic mass is 9.86. The molecule has 4 nitrogen and oxygen atoms in total. The van der Waals surface area contributed by atoms with E-state index in [1.54, 1.807) is 7.11 Å². The van der Waals surface area contributed by atoms with Crippen molar-refractivity contribution in [3.8, 4) is 0 Å². The van der Waals surface area contributed by atoms with Crippen molar-refractivity contribution in [1.29, 1.82) is 5.41 Å². The molecule has 0 spiro atoms. The lowest BCUT2D eigenvalue weighted by Crippen LogP contribution is -2.66. The highest BCUT2D eigenvalue weighted by Gasteiger charge is 2.44. The van der Waals surface area contributed by atoms with Crippen LogP contribution in [0.4, 0.5) is 5.69 Å². The van der Waals surface area contributed by atoms with Crippen molar-refractivity contribution in [2.45, 2.75) is 25.0 Å². The number of nitrogens with one attached hydrogen (secondary N) is 2. The average Bonchev–Trinajstić information content (AvgIpc) is 2.42. The van der Waals surface area contributed by atoms with Gasteiger partial charge in [-0.25, -0.2) is 0 Å². The van der Waals surface area contributed by atoms with Gasteiger partial charge in [-0.15, -0.1) is 24.8 Å². The zero-order chi connectivity index (χ0) is 13.2. The van der Waals surface area contributed by atoms with Crippen LogP contribution in [0.25, 0.3) is 0 Å². The number of para-hydroxylation sites is 1. The molecule has 0 radical (unpaired) electrons. The van der Waals surface area contributed by atoms with E-state index in [4.69, 9.17) is 10.1 Å². The smallest absolute Gasteiger partial charge is 0.123 e. The standard InChI is InChI=1S/C14H21N3O.2ClH/c1-14(16-2)12(18-3)9-10-17(13(14)15)11-7-5-4-6-8-11;;/h4-8,12,15-16H,9-10H2,1-3H3;2*1H. The number of methoxy groups -OCH3 is 1. The summed E-state index contributed by atoms with van der Waals surface area (Å²) in [6, 6.07) is 10.1. The zero-order valence-electron chi connectivity index (χ0n) is 12.1. The maximum atomic E-state index is 8.45. The molecule has 114 valence electrons. The second-order valence-electron chi connectivity index (χ2n) is 4.80. The van der Waals surface area contributed by atoms with Crippen molar-refractivity contribution in [2.75, 3.05) is 25.6 Å². The Hall–Kier alpha value is -0.810. The first kappa shape index (κ1) is 19.2. The van der Waals surface area contributed by atoms with E-state index >= 15 is 0 Å². The summed E-state index contributed by atoms with van der Waals surface area (Å²) in [6.07, 6.45) is 0.945. The number of hydrogen-bond donors (Lipinski definition) is 2. The number of hydrogen-bond acceptors (Lipinski definition) is 3. The normalized spacial score (nSPS) is 25.6. The molecule has 2 unspecified atom stereocenters. The first-order valence-corrected chi connectivity index (χ1v) is 6.26. The topological polar surface area (TPSA) is 48.4 Å². The Bertz CT molecular complexity index is 430. The molecule has 1 aromatic rings. The fourth-order valence-electron chi connectivity index (χ4n) is 2.58. The van der Waals surface area contributed by atoms with Gasteiger partial charge in [0, 0.05) is 19.3 Å². The van der Waals surface area contributed by atoms with Crippen LogP contribution in [-0.2, 0) is 4.74 Å². The number of ether oxygens (including phenoxy) is 1. The van der Waals surface area contributed by atoms with E-state index in [-0.39, 0.29) is 30.9 Å². The summed E-state index contributed by atoms with van der Waals surface area (Å²) in [5.41, 5.74) is 0.626. The molecule has 0 saturated carbocycles. The summed E-state index contributed by atoms with van der Waals surface area (Å²) in [7, 11) is 3.60. The van der Waals surface area contributed by atoms with Crippen LogP contribution < -0.4 is 10.2 Å². The average molecular weight is 320 g/mol. The van der Waals surface area contributed by atoms with Gasteiger partial charge in [0.05, 0.1) is 11.6 Å². The number of piperidine rings is 1. The van der Waals surface area contributed by atoms with E-state index in [9.17, 15) is 0 Å². The van der Waals surface area contributed by atoms with E-state index < -0.39 is 5.54 Å². The Morgan fingerprint density at radius 2 is 1.90 bits per heavy atom. The van der Waals surface area contributed by atoms with Gasteiger partial charge in [-0.3, -0.25) is 5.41 Å². The summed E-state index contributed by atoms with van der Waals surface area (Å²) >= 11 is 0. The Labute approximate surface area is 133 Å². The van der Waals surface area contributed by atoms with Gasteiger partial charge >= 0.3 is 0 Å². The number of anilines is 1. The molecule has 20 heavy (non-hydrogen) atoms. The van der Waals surface area contributed by atoms with Crippen LogP contribution in [0.2, 0.25) is 0 Å². The molecule has 2 atom stereocenters. The van der Waals surface area contributed by atoms with Crippen molar-refractivity contribution in [3.63, 3.8) is 0 Å². The van der Waals surface area contributed by atoms with Gasteiger partial charge in [0.25, 0.3) is 0 Å². The predicted molar refractivity (Wildman–Crippen MR) is 88.9 cm³/mol. The van der Waals surface area contributed by atoms with Crippen LogP contribution in [0.1, 0.15) is 13.3 Å². The van der Waals surface area contributed by atoms with Gasteiger partial charge < -0.3 is 15.0 Å². The second kappa shape index (κ2) is 7.84. The van der Waals surface area contributed by atoms with E-state index in [0.717, 1.165) is 18.7 Å². The van der Waals surface area contributed by atoms with Gasteiger partial charge in [0.2, 0.25) is 0 Å². The summed E-state index contributed by atoms with van der Waals surface area (Å²) in [4.78, 5) is 2.05. The van der Waals surface area contributed by atoms with Crippen molar-refractivity contribution < 1.29 is 4.74 Å². The van der Waals surface area contributed by atoms with E-state index in [0.29, 0.717) is 5.84 Å². The number of rotatable bonds is 3. The second-order valence-corrected chi connectivity index (χ2v) is 4.80. The van der Waals surface area contributed by atoms with Crippen LogP contribution in [0.3, 0.4) is 0 Å². The van der Waals surface area contributed by atoms with Crippen LogP contribution in [0.15, 0.2) is 30.3 Å². The monoisotopic (exact) mass is 319 g/mol. The van der Waals surface area contributed by atoms with Crippen LogP contribution in [-0.4, -0.2) is 38.2 Å². The Kier molecular flexibility index (Phi) is 7.52. The SMILES string of the molecule is CNC1(C)C(=N)N(c2ccccc2)CCC1OC.Cl.Cl. The molecule has 0 aromatic heterocycles. The van der Waals surface area contributed by atoms with Gasteiger partial charge in [0.1, 0.15) is 5.84 Å². The lowest BCUT2D eigenvalue weighted by Gasteiger charge is -2.46. The number of amidine groups is 1. The highest BCUT2D eigenvalue weighted by molar-refractivity contribution is 6.03. The van der Waals surface area contributed by atoms with E-state index in [1.165, 1.54) is 0 Å². The van der Waals surface area contributed by atoms with Crippen LogP contribution >= 0.6 is 24.8 Å². The first-order valence-electron chi connectivity index (χ1n) is 6.26. The molecule has 1 heterocycles. The van der Waals surface area contributed by atoms with Crippen LogP contribution in [0.5, 0.6) is 0 Å². The molecule has 0 amide bonds. The molecule has 1 aliphatic rings. The fourth-order valence-corrected chi connectivity index (χ4v) is 2.58. The number of benzene rings is 1. The lowest BCUT2D eigenvalue weighted by molar-refractivity contribution is 0.0441. The molecular weight excluding hydrogens is 297 g/mol. The maximum absolute atomic E-state index is 8.45. The van der Waals surface area contributed by atoms with E-state index in [1.807, 2.05) is 49.2 Å². The molecule has 1 aromatic carbocycles. The highest BCUT2D eigenvalue weighted by Crippen LogP contribution is 2.28. The van der Waals surface area contributed by atoms with Gasteiger partial charge in [-0.05, 0) is 32.5 Å². The van der Waals surface area contributed by atoms with Gasteiger partial charge in [-0.1, -0.05) is 18.2 Å². The quantitative estimate of drug-likeness (QED) is 0.900. The Balaban J connectivity index is 0.00000180. The number of halogens is 2. The molecule has 2 N–H and O–H groups in total. The zero-order valence-corrected chi connectivity index (χ0v) is 13.7. The molecular formula is C14H23Cl2N3O. The molecule has 1 aliphatic heterocycles. The summed E-state index contributed by atoms with van der Waals surface area (Å²) in [5, 5.41) is 11.7. The highest BCUT2D eigenvalue weighted by atomic mass is 35.5. The van der Waals surface area contributed by atoms with Crippen molar-refractivity contribution in [3.05, 3.63) is 30.3 Å². The molecule has 2 rings (SSSR count). The Morgan fingerprint density at radius 1 is 1.30 bits per heavy atom. The summed E-state index contributed by atoms with van der Waals surface area (Å²) in [6.45, 7) is 2.84. The minimum absolute atomic E-state index is 0.